The lowest BCUT2D eigenvalue weighted by Gasteiger charge is -2.46. The zero-order valence-corrected chi connectivity index (χ0v) is 9.99. The Labute approximate surface area is 91.2 Å². The number of aliphatic carboxylic acids is 1. The van der Waals surface area contributed by atoms with Crippen LogP contribution in [0.15, 0.2) is 0 Å². The monoisotopic (exact) mass is 215 g/mol. The number of rotatable bonds is 5. The lowest BCUT2D eigenvalue weighted by atomic mass is 9.85. The van der Waals surface area contributed by atoms with Crippen LogP contribution in [0.2, 0.25) is 0 Å². The Bertz CT molecular complexity index is 234. The van der Waals surface area contributed by atoms with Gasteiger partial charge in [0.15, 0.2) is 0 Å². The molecule has 0 aromatic carbocycles. The van der Waals surface area contributed by atoms with Gasteiger partial charge in [0.05, 0.1) is 6.10 Å². The maximum Gasteiger partial charge on any atom is 0.323 e. The summed E-state index contributed by atoms with van der Waals surface area (Å²) in [6.45, 7) is 6.20. The van der Waals surface area contributed by atoms with E-state index >= 15 is 0 Å². The van der Waals surface area contributed by atoms with Gasteiger partial charge in [-0.3, -0.25) is 9.69 Å². The van der Waals surface area contributed by atoms with E-state index in [9.17, 15) is 4.79 Å². The van der Waals surface area contributed by atoms with Crippen molar-refractivity contribution < 1.29 is 14.6 Å². The summed E-state index contributed by atoms with van der Waals surface area (Å²) in [6, 6.07) is 0.340. The van der Waals surface area contributed by atoms with Gasteiger partial charge < -0.3 is 9.84 Å². The summed E-state index contributed by atoms with van der Waals surface area (Å²) in [5.74, 6) is -0.773. The van der Waals surface area contributed by atoms with Gasteiger partial charge in [-0.1, -0.05) is 0 Å². The topological polar surface area (TPSA) is 49.8 Å². The molecule has 1 saturated carbocycles. The van der Waals surface area contributed by atoms with Gasteiger partial charge in [0.2, 0.25) is 0 Å². The van der Waals surface area contributed by atoms with Gasteiger partial charge in [0.1, 0.15) is 5.54 Å². The van der Waals surface area contributed by atoms with Crippen molar-refractivity contribution in [3.8, 4) is 0 Å². The quantitative estimate of drug-likeness (QED) is 0.752. The molecule has 1 N–H and O–H groups in total. The van der Waals surface area contributed by atoms with Crippen LogP contribution < -0.4 is 0 Å². The number of carbonyl (C=O) groups is 1. The van der Waals surface area contributed by atoms with Crippen LogP contribution in [0.5, 0.6) is 0 Å². The van der Waals surface area contributed by atoms with Crippen LogP contribution in [0.4, 0.5) is 0 Å². The molecule has 4 nitrogen and oxygen atoms in total. The summed E-state index contributed by atoms with van der Waals surface area (Å²) in [4.78, 5) is 13.0. The van der Waals surface area contributed by atoms with E-state index in [-0.39, 0.29) is 0 Å². The van der Waals surface area contributed by atoms with Crippen LogP contribution >= 0.6 is 0 Å². The van der Waals surface area contributed by atoms with Gasteiger partial charge in [-0.2, -0.15) is 0 Å². The average molecular weight is 215 g/mol. The minimum Gasteiger partial charge on any atom is -0.480 e. The third-order valence-electron chi connectivity index (χ3n) is 3.43. The number of hydrogen-bond donors (Lipinski definition) is 1. The van der Waals surface area contributed by atoms with E-state index in [4.69, 9.17) is 9.84 Å². The standard InChI is InChI=1S/C11H21NO3/c1-5-15-9-6-8(7-9)12(4)11(2,3)10(13)14/h8-9H,5-7H2,1-4H3,(H,13,14). The molecule has 0 heterocycles. The predicted molar refractivity (Wildman–Crippen MR) is 57.9 cm³/mol. The van der Waals surface area contributed by atoms with E-state index in [1.807, 2.05) is 18.9 Å². The Morgan fingerprint density at radius 1 is 1.53 bits per heavy atom. The summed E-state index contributed by atoms with van der Waals surface area (Å²) >= 11 is 0. The molecular weight excluding hydrogens is 194 g/mol. The second kappa shape index (κ2) is 4.49. The van der Waals surface area contributed by atoms with E-state index in [0.29, 0.717) is 12.1 Å². The largest absolute Gasteiger partial charge is 0.480 e. The first-order chi connectivity index (χ1) is 6.89. The molecule has 0 atom stereocenters. The SMILES string of the molecule is CCOC1CC(N(C)C(C)(C)C(=O)O)C1. The third-order valence-corrected chi connectivity index (χ3v) is 3.43. The number of hydrogen-bond acceptors (Lipinski definition) is 3. The van der Waals surface area contributed by atoms with Crippen molar-refractivity contribution in [2.75, 3.05) is 13.7 Å². The average Bonchev–Trinajstić information content (AvgIpc) is 2.09. The molecule has 0 amide bonds. The van der Waals surface area contributed by atoms with E-state index in [2.05, 4.69) is 0 Å². The summed E-state index contributed by atoms with van der Waals surface area (Å²) in [5.41, 5.74) is -0.790. The molecule has 0 radical (unpaired) electrons. The fourth-order valence-electron chi connectivity index (χ4n) is 1.83. The van der Waals surface area contributed by atoms with Gasteiger partial charge in [0.25, 0.3) is 0 Å². The smallest absolute Gasteiger partial charge is 0.323 e. The first kappa shape index (κ1) is 12.5. The van der Waals surface area contributed by atoms with Gasteiger partial charge >= 0.3 is 5.97 Å². The maximum atomic E-state index is 11.0. The molecule has 0 unspecified atom stereocenters. The molecule has 1 aliphatic rings. The van der Waals surface area contributed by atoms with Crippen molar-refractivity contribution in [2.45, 2.75) is 51.3 Å². The molecule has 1 fully saturated rings. The van der Waals surface area contributed by atoms with Gasteiger partial charge in [-0.15, -0.1) is 0 Å². The highest BCUT2D eigenvalue weighted by atomic mass is 16.5. The van der Waals surface area contributed by atoms with Crippen LogP contribution in [-0.4, -0.2) is 47.3 Å². The minimum atomic E-state index is -0.790. The van der Waals surface area contributed by atoms with Crippen molar-refractivity contribution in [3.63, 3.8) is 0 Å². The fourth-order valence-corrected chi connectivity index (χ4v) is 1.83. The van der Waals surface area contributed by atoms with Crippen LogP contribution in [-0.2, 0) is 9.53 Å². The molecule has 0 aromatic rings. The van der Waals surface area contributed by atoms with Gasteiger partial charge in [-0.25, -0.2) is 0 Å². The van der Waals surface area contributed by atoms with E-state index in [1.165, 1.54) is 0 Å². The summed E-state index contributed by atoms with van der Waals surface area (Å²) in [6.07, 6.45) is 2.22. The molecule has 0 aromatic heterocycles. The zero-order chi connectivity index (χ0) is 11.6. The van der Waals surface area contributed by atoms with E-state index in [1.54, 1.807) is 13.8 Å². The molecule has 15 heavy (non-hydrogen) atoms. The van der Waals surface area contributed by atoms with Crippen molar-refractivity contribution in [1.82, 2.24) is 4.90 Å². The van der Waals surface area contributed by atoms with Gasteiger partial charge in [-0.05, 0) is 40.7 Å². The Morgan fingerprint density at radius 2 is 2.07 bits per heavy atom. The predicted octanol–water partition coefficient (Wildman–Crippen LogP) is 1.35. The number of ether oxygens (including phenoxy) is 1. The van der Waals surface area contributed by atoms with Gasteiger partial charge in [0, 0.05) is 12.6 Å². The van der Waals surface area contributed by atoms with E-state index < -0.39 is 11.5 Å². The summed E-state index contributed by atoms with van der Waals surface area (Å²) in [5, 5.41) is 9.08. The number of carboxylic acid groups (broad SMARTS) is 1. The highest BCUT2D eigenvalue weighted by molar-refractivity contribution is 5.77. The number of carboxylic acids is 1. The van der Waals surface area contributed by atoms with Crippen LogP contribution in [0.3, 0.4) is 0 Å². The normalized spacial score (nSPS) is 26.5. The molecule has 1 aliphatic carbocycles. The molecule has 0 spiro atoms. The molecular formula is C11H21NO3. The van der Waals surface area contributed by atoms with Crippen LogP contribution in [0, 0.1) is 0 Å². The lowest BCUT2D eigenvalue weighted by molar-refractivity contribution is -0.153. The van der Waals surface area contributed by atoms with Crippen LogP contribution in [0.25, 0.3) is 0 Å². The van der Waals surface area contributed by atoms with Crippen molar-refractivity contribution >= 4 is 5.97 Å². The molecule has 4 heteroatoms. The van der Waals surface area contributed by atoms with Crippen molar-refractivity contribution in [3.05, 3.63) is 0 Å². The van der Waals surface area contributed by atoms with Crippen molar-refractivity contribution in [2.24, 2.45) is 0 Å². The summed E-state index contributed by atoms with van der Waals surface area (Å²) < 4.78 is 5.46. The molecule has 0 bridgehead atoms. The van der Waals surface area contributed by atoms with E-state index in [0.717, 1.165) is 19.4 Å². The lowest BCUT2D eigenvalue weighted by Crippen LogP contribution is -2.57. The molecule has 1 rings (SSSR count). The third kappa shape index (κ3) is 2.49. The Balaban J connectivity index is 2.44. The first-order valence-electron chi connectivity index (χ1n) is 5.47. The first-order valence-corrected chi connectivity index (χ1v) is 5.47. The Morgan fingerprint density at radius 3 is 2.47 bits per heavy atom. The second-order valence-corrected chi connectivity index (χ2v) is 4.68. The Hall–Kier alpha value is -0.610. The Kier molecular flexibility index (Phi) is 3.73. The zero-order valence-electron chi connectivity index (χ0n) is 9.99. The number of likely N-dealkylation sites (N-methyl/N-ethyl adjacent to an activating group) is 1. The minimum absolute atomic E-state index is 0.326. The molecule has 0 aliphatic heterocycles. The fraction of sp³-hybridized carbons (Fsp3) is 0.909. The molecule has 88 valence electrons. The van der Waals surface area contributed by atoms with Crippen LogP contribution in [0.1, 0.15) is 33.6 Å². The highest BCUT2D eigenvalue weighted by Crippen LogP contribution is 2.31. The van der Waals surface area contributed by atoms with Crippen molar-refractivity contribution in [1.29, 1.82) is 0 Å². The molecule has 0 saturated heterocycles. The number of nitrogens with zero attached hydrogens (tertiary/aromatic N) is 1. The maximum absolute atomic E-state index is 11.0. The summed E-state index contributed by atoms with van der Waals surface area (Å²) in [7, 11) is 1.88. The highest BCUT2D eigenvalue weighted by Gasteiger charge is 2.41. The second-order valence-electron chi connectivity index (χ2n) is 4.68.